The normalized spacial score (nSPS) is 14.9. The van der Waals surface area contributed by atoms with Crippen LogP contribution in [0.4, 0.5) is 10.3 Å². The molecule has 0 atom stereocenters. The Bertz CT molecular complexity index is 1120. The van der Waals surface area contributed by atoms with Crippen LogP contribution in [-0.2, 0) is 20.6 Å². The number of fused-ring (bicyclic) bond motifs is 1. The average Bonchev–Trinajstić information content (AvgIpc) is 3.26. The number of anilines is 1. The first-order valence-corrected chi connectivity index (χ1v) is 9.13. The zero-order valence-electron chi connectivity index (χ0n) is 15.4. The zero-order valence-corrected chi connectivity index (χ0v) is 15.4. The second kappa shape index (κ2) is 6.68. The highest BCUT2D eigenvalue weighted by molar-refractivity contribution is 5.74. The van der Waals surface area contributed by atoms with Gasteiger partial charge in [-0.15, -0.1) is 0 Å². The number of imidazole rings is 1. The minimum absolute atomic E-state index is 0.00970. The van der Waals surface area contributed by atoms with E-state index in [4.69, 9.17) is 0 Å². The number of nitrogens with zero attached hydrogens (tertiary/aromatic N) is 4. The molecule has 0 unspecified atom stereocenters. The molecule has 1 N–H and O–H groups in total. The van der Waals surface area contributed by atoms with Gasteiger partial charge in [0.1, 0.15) is 5.82 Å². The maximum atomic E-state index is 13.5. The lowest BCUT2D eigenvalue weighted by molar-refractivity contribution is 0.616. The molecule has 3 aromatic rings. The van der Waals surface area contributed by atoms with Crippen molar-refractivity contribution in [1.29, 1.82) is 0 Å². The largest absolute Gasteiger partial charge is 0.353 e. The van der Waals surface area contributed by atoms with Crippen LogP contribution >= 0.6 is 0 Å². The summed E-state index contributed by atoms with van der Waals surface area (Å²) in [6, 6.07) is 6.25. The van der Waals surface area contributed by atoms with Gasteiger partial charge in [0.25, 0.3) is 5.56 Å². The van der Waals surface area contributed by atoms with Crippen LogP contribution in [0.3, 0.4) is 0 Å². The Labute approximate surface area is 155 Å². The molecule has 1 saturated carbocycles. The van der Waals surface area contributed by atoms with Crippen molar-refractivity contribution < 1.29 is 4.39 Å². The van der Waals surface area contributed by atoms with Crippen LogP contribution in [0.25, 0.3) is 11.2 Å². The fraction of sp³-hybridized carbons (Fsp3) is 0.421. The summed E-state index contributed by atoms with van der Waals surface area (Å²) in [5.41, 5.74) is 0.367. The van der Waals surface area contributed by atoms with E-state index in [1.807, 2.05) is 0 Å². The van der Waals surface area contributed by atoms with Crippen LogP contribution in [0.1, 0.15) is 31.2 Å². The van der Waals surface area contributed by atoms with Crippen LogP contribution < -0.4 is 16.6 Å². The molecule has 0 saturated heterocycles. The van der Waals surface area contributed by atoms with Crippen LogP contribution in [0.15, 0.2) is 33.9 Å². The summed E-state index contributed by atoms with van der Waals surface area (Å²) in [4.78, 5) is 30.3. The number of nitrogens with one attached hydrogen (secondary N) is 1. The molecule has 1 aliphatic rings. The van der Waals surface area contributed by atoms with Crippen molar-refractivity contribution >= 4 is 17.1 Å². The van der Waals surface area contributed by atoms with E-state index >= 15 is 0 Å². The Morgan fingerprint density at radius 3 is 2.63 bits per heavy atom. The first-order chi connectivity index (χ1) is 13.0. The molecule has 142 valence electrons. The highest BCUT2D eigenvalue weighted by Crippen LogP contribution is 2.23. The molecule has 0 bridgehead atoms. The summed E-state index contributed by atoms with van der Waals surface area (Å²) in [6.07, 6.45) is 4.51. The summed E-state index contributed by atoms with van der Waals surface area (Å²) < 4.78 is 17.7. The Balaban J connectivity index is 1.82. The van der Waals surface area contributed by atoms with Crippen molar-refractivity contribution in [2.45, 2.75) is 38.3 Å². The van der Waals surface area contributed by atoms with E-state index in [9.17, 15) is 14.0 Å². The Morgan fingerprint density at radius 1 is 1.19 bits per heavy atom. The van der Waals surface area contributed by atoms with E-state index in [-0.39, 0.29) is 6.54 Å². The van der Waals surface area contributed by atoms with Crippen molar-refractivity contribution in [1.82, 2.24) is 18.7 Å². The summed E-state index contributed by atoms with van der Waals surface area (Å²) in [5.74, 6) is 0.189. The number of rotatable bonds is 4. The molecule has 1 aromatic carbocycles. The maximum Gasteiger partial charge on any atom is 0.332 e. The molecule has 1 aliphatic carbocycles. The quantitative estimate of drug-likeness (QED) is 0.761. The third kappa shape index (κ3) is 3.05. The standard InChI is InChI=1S/C19H22FN5O2/c1-23-15-16(22-18(23)21-14-8-3-4-9-14)24(2)19(27)25(17(15)26)11-12-6-5-7-13(20)10-12/h5-7,10,14H,3-4,8-9,11H2,1-2H3,(H,21,22). The number of benzene rings is 1. The topological polar surface area (TPSA) is 73.8 Å². The van der Waals surface area contributed by atoms with Crippen molar-refractivity contribution in [2.24, 2.45) is 14.1 Å². The summed E-state index contributed by atoms with van der Waals surface area (Å²) >= 11 is 0. The van der Waals surface area contributed by atoms with E-state index in [0.29, 0.717) is 28.7 Å². The predicted molar refractivity (Wildman–Crippen MR) is 102 cm³/mol. The fourth-order valence-electron chi connectivity index (χ4n) is 3.78. The van der Waals surface area contributed by atoms with Gasteiger partial charge in [0.05, 0.1) is 6.54 Å². The highest BCUT2D eigenvalue weighted by Gasteiger charge is 2.21. The molecule has 27 heavy (non-hydrogen) atoms. The number of hydrogen-bond donors (Lipinski definition) is 1. The molecular weight excluding hydrogens is 349 g/mol. The first-order valence-electron chi connectivity index (χ1n) is 9.13. The van der Waals surface area contributed by atoms with Crippen LogP contribution in [-0.4, -0.2) is 24.7 Å². The van der Waals surface area contributed by atoms with E-state index in [0.717, 1.165) is 17.4 Å². The molecule has 2 heterocycles. The number of hydrogen-bond acceptors (Lipinski definition) is 4. The predicted octanol–water partition coefficient (Wildman–Crippen LogP) is 1.98. The van der Waals surface area contributed by atoms with Crippen LogP contribution in [0, 0.1) is 5.82 Å². The molecule has 4 rings (SSSR count). The lowest BCUT2D eigenvalue weighted by atomic mass is 10.2. The van der Waals surface area contributed by atoms with E-state index < -0.39 is 17.1 Å². The monoisotopic (exact) mass is 371 g/mol. The van der Waals surface area contributed by atoms with Gasteiger partial charge in [0.15, 0.2) is 11.2 Å². The van der Waals surface area contributed by atoms with Crippen LogP contribution in [0.2, 0.25) is 0 Å². The smallest absolute Gasteiger partial charge is 0.332 e. The van der Waals surface area contributed by atoms with Gasteiger partial charge in [-0.25, -0.2) is 9.18 Å². The lowest BCUT2D eigenvalue weighted by Gasteiger charge is -2.12. The first kappa shape index (κ1) is 17.5. The minimum Gasteiger partial charge on any atom is -0.353 e. The molecule has 8 heteroatoms. The third-order valence-electron chi connectivity index (χ3n) is 5.28. The molecule has 2 aromatic heterocycles. The Hall–Kier alpha value is -2.90. The van der Waals surface area contributed by atoms with E-state index in [1.54, 1.807) is 30.8 Å². The van der Waals surface area contributed by atoms with Gasteiger partial charge in [-0.05, 0) is 30.5 Å². The molecular formula is C19H22FN5O2. The molecule has 0 spiro atoms. The van der Waals surface area contributed by atoms with Gasteiger partial charge in [0.2, 0.25) is 5.95 Å². The Morgan fingerprint density at radius 2 is 1.93 bits per heavy atom. The molecule has 0 amide bonds. The zero-order chi connectivity index (χ0) is 19.1. The second-order valence-corrected chi connectivity index (χ2v) is 7.16. The van der Waals surface area contributed by atoms with Gasteiger partial charge in [0, 0.05) is 20.1 Å². The SMILES string of the molecule is Cn1c(NC2CCCC2)nc2c1c(=O)n(Cc1cccc(F)c1)c(=O)n2C. The number of aryl methyl sites for hydroxylation is 2. The van der Waals surface area contributed by atoms with Crippen molar-refractivity contribution in [3.05, 3.63) is 56.5 Å². The third-order valence-corrected chi connectivity index (χ3v) is 5.28. The summed E-state index contributed by atoms with van der Waals surface area (Å²) in [7, 11) is 3.36. The molecule has 0 aliphatic heterocycles. The van der Waals surface area contributed by atoms with E-state index in [2.05, 4.69) is 10.3 Å². The van der Waals surface area contributed by atoms with Crippen molar-refractivity contribution in [3.8, 4) is 0 Å². The number of halogens is 1. The number of aromatic nitrogens is 4. The lowest BCUT2D eigenvalue weighted by Crippen LogP contribution is -2.39. The van der Waals surface area contributed by atoms with Gasteiger partial charge in [-0.1, -0.05) is 25.0 Å². The molecule has 1 fully saturated rings. The molecule has 7 nitrogen and oxygen atoms in total. The van der Waals surface area contributed by atoms with Gasteiger partial charge in [-0.3, -0.25) is 13.9 Å². The molecule has 0 radical (unpaired) electrons. The van der Waals surface area contributed by atoms with Crippen LogP contribution in [0.5, 0.6) is 0 Å². The van der Waals surface area contributed by atoms with Gasteiger partial charge < -0.3 is 9.88 Å². The van der Waals surface area contributed by atoms with Crippen molar-refractivity contribution in [3.63, 3.8) is 0 Å². The average molecular weight is 371 g/mol. The maximum absolute atomic E-state index is 13.5. The summed E-state index contributed by atoms with van der Waals surface area (Å²) in [5, 5.41) is 3.39. The van der Waals surface area contributed by atoms with Crippen molar-refractivity contribution in [2.75, 3.05) is 5.32 Å². The highest BCUT2D eigenvalue weighted by atomic mass is 19.1. The van der Waals surface area contributed by atoms with E-state index in [1.165, 1.54) is 29.5 Å². The Kier molecular flexibility index (Phi) is 4.33. The van der Waals surface area contributed by atoms with Gasteiger partial charge in [-0.2, -0.15) is 4.98 Å². The second-order valence-electron chi connectivity index (χ2n) is 7.16. The summed E-state index contributed by atoms with van der Waals surface area (Å²) in [6.45, 7) is 0.00970. The fourth-order valence-corrected chi connectivity index (χ4v) is 3.78. The van der Waals surface area contributed by atoms with Gasteiger partial charge >= 0.3 is 5.69 Å². The minimum atomic E-state index is -0.470.